The minimum atomic E-state index is -0.319. The van der Waals surface area contributed by atoms with Crippen LogP contribution in [0.1, 0.15) is 27.9 Å². The van der Waals surface area contributed by atoms with E-state index in [4.69, 9.17) is 0 Å². The van der Waals surface area contributed by atoms with Crippen LogP contribution in [-0.2, 0) is 6.42 Å². The maximum Gasteiger partial charge on any atom is 0.189 e. The maximum absolute atomic E-state index is 13.2. The van der Waals surface area contributed by atoms with Crippen LogP contribution in [0.5, 0.6) is 5.75 Å². The number of halogens is 1. The van der Waals surface area contributed by atoms with Crippen LogP contribution in [0.2, 0.25) is 0 Å². The molecule has 0 aromatic heterocycles. The number of benzene rings is 2. The van der Waals surface area contributed by atoms with E-state index in [1.807, 2.05) is 0 Å². The van der Waals surface area contributed by atoms with Crippen molar-refractivity contribution < 1.29 is 14.3 Å². The van der Waals surface area contributed by atoms with Crippen LogP contribution < -0.4 is 0 Å². The smallest absolute Gasteiger partial charge is 0.189 e. The Bertz CT molecular complexity index is 717. The summed E-state index contributed by atoms with van der Waals surface area (Å²) in [4.78, 5) is 12.4. The number of ketones is 1. The molecule has 2 aromatic rings. The van der Waals surface area contributed by atoms with Crippen molar-refractivity contribution in [2.24, 2.45) is 0 Å². The lowest BCUT2D eigenvalue weighted by molar-refractivity contribution is 0.102. The fourth-order valence-electron chi connectivity index (χ4n) is 2.48. The van der Waals surface area contributed by atoms with Gasteiger partial charge in [0.2, 0.25) is 0 Å². The van der Waals surface area contributed by atoms with E-state index in [0.717, 1.165) is 12.0 Å². The molecule has 0 unspecified atom stereocenters. The molecular weight excluding hydrogens is 255 g/mol. The second-order valence-corrected chi connectivity index (χ2v) is 4.90. The lowest BCUT2D eigenvalue weighted by Crippen LogP contribution is -2.13. The molecule has 1 aliphatic carbocycles. The molecule has 0 aliphatic heterocycles. The number of aryl methyl sites for hydroxylation is 1. The average Bonchev–Trinajstić information content (AvgIpc) is 2.43. The van der Waals surface area contributed by atoms with Crippen LogP contribution in [0.3, 0.4) is 0 Å². The second kappa shape index (κ2) is 4.93. The summed E-state index contributed by atoms with van der Waals surface area (Å²) in [6.07, 6.45) is 3.11. The van der Waals surface area contributed by atoms with Crippen LogP contribution in [0.4, 0.5) is 4.39 Å². The lowest BCUT2D eigenvalue weighted by Gasteiger charge is -2.17. The van der Waals surface area contributed by atoms with Crippen molar-refractivity contribution in [2.45, 2.75) is 12.8 Å². The van der Waals surface area contributed by atoms with Crippen LogP contribution in [-0.4, -0.2) is 10.9 Å². The van der Waals surface area contributed by atoms with Gasteiger partial charge in [0, 0.05) is 11.1 Å². The van der Waals surface area contributed by atoms with Crippen LogP contribution in [0, 0.1) is 5.82 Å². The summed E-state index contributed by atoms with van der Waals surface area (Å²) in [5.41, 5.74) is 2.81. The molecule has 0 heterocycles. The summed E-state index contributed by atoms with van der Waals surface area (Å²) in [7, 11) is 0. The first kappa shape index (κ1) is 12.6. The van der Waals surface area contributed by atoms with E-state index in [-0.39, 0.29) is 17.3 Å². The molecule has 0 saturated carbocycles. The van der Waals surface area contributed by atoms with Gasteiger partial charge in [-0.25, -0.2) is 4.39 Å². The number of aromatic hydroxyl groups is 1. The summed E-state index contributed by atoms with van der Waals surface area (Å²) in [5.74, 6) is -0.323. The quantitative estimate of drug-likeness (QED) is 0.800. The van der Waals surface area contributed by atoms with Gasteiger partial charge in [-0.2, -0.15) is 0 Å². The topological polar surface area (TPSA) is 37.3 Å². The van der Waals surface area contributed by atoms with E-state index in [0.29, 0.717) is 23.1 Å². The van der Waals surface area contributed by atoms with E-state index in [1.165, 1.54) is 18.2 Å². The summed E-state index contributed by atoms with van der Waals surface area (Å²) in [6.45, 7) is 0. The highest BCUT2D eigenvalue weighted by atomic mass is 19.1. The number of fused-ring (bicyclic) bond motifs is 1. The highest BCUT2D eigenvalue weighted by Crippen LogP contribution is 2.29. The Morgan fingerprint density at radius 2 is 1.95 bits per heavy atom. The summed E-state index contributed by atoms with van der Waals surface area (Å²) in [5, 5.41) is 9.50. The molecule has 20 heavy (non-hydrogen) atoms. The summed E-state index contributed by atoms with van der Waals surface area (Å²) in [6, 6.07) is 11.0. The summed E-state index contributed by atoms with van der Waals surface area (Å²) >= 11 is 0. The first-order valence-corrected chi connectivity index (χ1v) is 6.46. The standard InChI is InChI=1S/C17H13FO2/c18-14-3-1-2-11(9-14)8-13-5-4-12-6-7-15(19)10-16(12)17(13)20/h1-3,6-10,19H,4-5H2/b13-8+. The molecule has 2 nitrogen and oxygen atoms in total. The van der Waals surface area contributed by atoms with Crippen LogP contribution >= 0.6 is 0 Å². The van der Waals surface area contributed by atoms with Crippen molar-refractivity contribution in [2.75, 3.05) is 0 Å². The molecule has 3 rings (SSSR count). The number of phenols is 1. The number of hydrogen-bond acceptors (Lipinski definition) is 2. The highest BCUT2D eigenvalue weighted by molar-refractivity contribution is 6.13. The van der Waals surface area contributed by atoms with Crippen LogP contribution in [0.15, 0.2) is 48.0 Å². The molecule has 0 amide bonds. The molecule has 100 valence electrons. The number of rotatable bonds is 1. The average molecular weight is 268 g/mol. The Labute approximate surface area is 116 Å². The number of phenolic OH excluding ortho intramolecular Hbond substituents is 1. The Balaban J connectivity index is 2.00. The van der Waals surface area contributed by atoms with Gasteiger partial charge in [-0.1, -0.05) is 18.2 Å². The van der Waals surface area contributed by atoms with E-state index < -0.39 is 0 Å². The van der Waals surface area contributed by atoms with Crippen LogP contribution in [0.25, 0.3) is 6.08 Å². The van der Waals surface area contributed by atoms with Gasteiger partial charge in [0.15, 0.2) is 5.78 Å². The maximum atomic E-state index is 13.2. The van der Waals surface area contributed by atoms with Gasteiger partial charge in [0.05, 0.1) is 0 Å². The monoisotopic (exact) mass is 268 g/mol. The third-order valence-electron chi connectivity index (χ3n) is 3.48. The molecule has 0 bridgehead atoms. The van der Waals surface area contributed by atoms with Crippen molar-refractivity contribution in [3.05, 3.63) is 70.5 Å². The van der Waals surface area contributed by atoms with Gasteiger partial charge >= 0.3 is 0 Å². The number of allylic oxidation sites excluding steroid dienone is 1. The second-order valence-electron chi connectivity index (χ2n) is 4.90. The van der Waals surface area contributed by atoms with Crippen molar-refractivity contribution in [3.63, 3.8) is 0 Å². The van der Waals surface area contributed by atoms with Crippen molar-refractivity contribution >= 4 is 11.9 Å². The van der Waals surface area contributed by atoms with Crippen molar-refractivity contribution in [1.82, 2.24) is 0 Å². The SMILES string of the molecule is O=C1/C(=C/c2cccc(F)c2)CCc2ccc(O)cc21. The number of Topliss-reactive ketones (excluding diaryl/α,β-unsaturated/α-hetero) is 1. The first-order chi connectivity index (χ1) is 9.63. The Morgan fingerprint density at radius 1 is 1.10 bits per heavy atom. The lowest BCUT2D eigenvalue weighted by atomic mass is 9.86. The molecule has 3 heteroatoms. The van der Waals surface area contributed by atoms with E-state index in [9.17, 15) is 14.3 Å². The number of carbonyl (C=O) groups is 1. The molecule has 0 atom stereocenters. The normalized spacial score (nSPS) is 16.2. The predicted octanol–water partition coefficient (Wildman–Crippen LogP) is 3.74. The fraction of sp³-hybridized carbons (Fsp3) is 0.118. The fourth-order valence-corrected chi connectivity index (χ4v) is 2.48. The van der Waals surface area contributed by atoms with Gasteiger partial charge < -0.3 is 5.11 Å². The van der Waals surface area contributed by atoms with E-state index in [1.54, 1.807) is 30.3 Å². The molecule has 0 saturated heterocycles. The molecule has 2 aromatic carbocycles. The molecule has 0 radical (unpaired) electrons. The van der Waals surface area contributed by atoms with Gasteiger partial charge in [-0.15, -0.1) is 0 Å². The molecule has 1 N–H and O–H groups in total. The van der Waals surface area contributed by atoms with Gasteiger partial charge in [-0.05, 0) is 54.3 Å². The third-order valence-corrected chi connectivity index (χ3v) is 3.48. The molecule has 0 spiro atoms. The van der Waals surface area contributed by atoms with Gasteiger partial charge in [0.1, 0.15) is 11.6 Å². The first-order valence-electron chi connectivity index (χ1n) is 6.46. The number of carbonyl (C=O) groups excluding carboxylic acids is 1. The summed E-state index contributed by atoms with van der Waals surface area (Å²) < 4.78 is 13.2. The zero-order valence-electron chi connectivity index (χ0n) is 10.8. The highest BCUT2D eigenvalue weighted by Gasteiger charge is 2.22. The van der Waals surface area contributed by atoms with E-state index >= 15 is 0 Å². The Hall–Kier alpha value is -2.42. The molecular formula is C17H13FO2. The van der Waals surface area contributed by atoms with Gasteiger partial charge in [-0.3, -0.25) is 4.79 Å². The minimum absolute atomic E-state index is 0.0871. The predicted molar refractivity (Wildman–Crippen MR) is 75.1 cm³/mol. The van der Waals surface area contributed by atoms with Crippen molar-refractivity contribution in [1.29, 1.82) is 0 Å². The number of hydrogen-bond donors (Lipinski definition) is 1. The van der Waals surface area contributed by atoms with Crippen molar-refractivity contribution in [3.8, 4) is 5.75 Å². The third kappa shape index (κ3) is 2.35. The minimum Gasteiger partial charge on any atom is -0.508 e. The largest absolute Gasteiger partial charge is 0.508 e. The Kier molecular flexibility index (Phi) is 3.11. The molecule has 0 fully saturated rings. The van der Waals surface area contributed by atoms with E-state index in [2.05, 4.69) is 0 Å². The zero-order chi connectivity index (χ0) is 14.1. The Morgan fingerprint density at radius 3 is 2.75 bits per heavy atom. The molecule has 1 aliphatic rings. The van der Waals surface area contributed by atoms with Gasteiger partial charge in [0.25, 0.3) is 0 Å². The zero-order valence-corrected chi connectivity index (χ0v) is 10.8.